The maximum Gasteiger partial charge on any atom is 0.197 e. The second-order valence-corrected chi connectivity index (χ2v) is 5.05. The van der Waals surface area contributed by atoms with E-state index in [-0.39, 0.29) is 23.5 Å². The lowest BCUT2D eigenvalue weighted by molar-refractivity contribution is 0.368. The van der Waals surface area contributed by atoms with E-state index in [2.05, 4.69) is 0 Å². The quantitative estimate of drug-likeness (QED) is 0.573. The molecule has 2 aromatic heterocycles. The molecule has 2 aromatic rings. The first-order valence-electron chi connectivity index (χ1n) is 6.75. The van der Waals surface area contributed by atoms with E-state index in [1.165, 1.54) is 9.13 Å². The molecular formula is C14H18N2O4. The van der Waals surface area contributed by atoms with Crippen molar-refractivity contribution in [2.75, 3.05) is 0 Å². The van der Waals surface area contributed by atoms with Crippen LogP contribution in [0.25, 0.3) is 0 Å². The monoisotopic (exact) mass is 278 g/mol. The van der Waals surface area contributed by atoms with Gasteiger partial charge in [0, 0.05) is 48.2 Å². The van der Waals surface area contributed by atoms with Gasteiger partial charge in [0.05, 0.1) is 0 Å². The van der Waals surface area contributed by atoms with Crippen molar-refractivity contribution >= 4 is 0 Å². The van der Waals surface area contributed by atoms with Crippen LogP contribution in [0.2, 0.25) is 0 Å². The predicted octanol–water partition coefficient (Wildman–Crippen LogP) is 1.65. The zero-order valence-corrected chi connectivity index (χ0v) is 11.5. The third-order valence-electron chi connectivity index (χ3n) is 4.17. The molecule has 6 heteroatoms. The molecule has 2 heterocycles. The van der Waals surface area contributed by atoms with Crippen molar-refractivity contribution in [3.63, 3.8) is 0 Å². The second kappa shape index (κ2) is 4.13. The van der Waals surface area contributed by atoms with Crippen molar-refractivity contribution in [1.82, 2.24) is 9.13 Å². The lowest BCUT2D eigenvalue weighted by atomic mass is 9.90. The van der Waals surface area contributed by atoms with Crippen LogP contribution in [0.15, 0.2) is 0 Å². The summed E-state index contributed by atoms with van der Waals surface area (Å²) in [5.74, 6) is 0.144. The first-order chi connectivity index (χ1) is 9.51. The van der Waals surface area contributed by atoms with Crippen LogP contribution in [0.4, 0.5) is 0 Å². The summed E-state index contributed by atoms with van der Waals surface area (Å²) in [6, 6.07) is 0. The van der Waals surface area contributed by atoms with Gasteiger partial charge < -0.3 is 20.4 Å². The molecule has 0 spiro atoms. The highest BCUT2D eigenvalue weighted by Crippen LogP contribution is 2.46. The van der Waals surface area contributed by atoms with Gasteiger partial charge in [-0.25, -0.2) is 0 Å². The van der Waals surface area contributed by atoms with Crippen LogP contribution in [0, 0.1) is 0 Å². The molecule has 0 bridgehead atoms. The number of aromatic nitrogens is 2. The molecule has 108 valence electrons. The largest absolute Gasteiger partial charge is 0.494 e. The molecule has 1 aliphatic rings. The molecule has 20 heavy (non-hydrogen) atoms. The Bertz CT molecular complexity index is 586. The Kier molecular flexibility index (Phi) is 2.64. The topological polar surface area (TPSA) is 90.8 Å². The molecule has 0 radical (unpaired) electrons. The van der Waals surface area contributed by atoms with Crippen molar-refractivity contribution in [2.45, 2.75) is 39.8 Å². The third-order valence-corrected chi connectivity index (χ3v) is 4.17. The zero-order valence-electron chi connectivity index (χ0n) is 11.5. The van der Waals surface area contributed by atoms with E-state index in [0.29, 0.717) is 48.2 Å². The summed E-state index contributed by atoms with van der Waals surface area (Å²) < 4.78 is 2.86. The van der Waals surface area contributed by atoms with Gasteiger partial charge >= 0.3 is 0 Å². The van der Waals surface area contributed by atoms with E-state index >= 15 is 0 Å². The Morgan fingerprint density at radius 1 is 0.650 bits per heavy atom. The van der Waals surface area contributed by atoms with Gasteiger partial charge in [0.15, 0.2) is 23.5 Å². The van der Waals surface area contributed by atoms with Crippen LogP contribution < -0.4 is 0 Å². The minimum atomic E-state index is 0.0359. The van der Waals surface area contributed by atoms with E-state index in [1.807, 2.05) is 13.8 Å². The Balaban J connectivity index is 2.19. The summed E-state index contributed by atoms with van der Waals surface area (Å²) in [7, 11) is 0. The Labute approximate surface area is 116 Å². The number of hydrogen-bond donors (Lipinski definition) is 4. The molecular weight excluding hydrogens is 260 g/mol. The minimum absolute atomic E-state index is 0.0359. The fourth-order valence-corrected chi connectivity index (χ4v) is 3.09. The molecule has 0 saturated heterocycles. The van der Waals surface area contributed by atoms with E-state index in [9.17, 15) is 20.4 Å². The summed E-state index contributed by atoms with van der Waals surface area (Å²) in [6.45, 7) is 4.58. The standard InChI is InChI=1S/C14H18N2O4/c1-3-15-11(17)7-5-9-10(6-8(7)12(15)18)14(20)16(4-2)13(9)19/h17-20H,3-6H2,1-2H3. The highest BCUT2D eigenvalue weighted by atomic mass is 16.3. The van der Waals surface area contributed by atoms with E-state index in [0.717, 1.165) is 0 Å². The van der Waals surface area contributed by atoms with Gasteiger partial charge in [-0.05, 0) is 13.8 Å². The number of fused-ring (bicyclic) bond motifs is 2. The van der Waals surface area contributed by atoms with Gasteiger partial charge in [-0.2, -0.15) is 0 Å². The highest BCUT2D eigenvalue weighted by Gasteiger charge is 2.32. The molecule has 0 amide bonds. The third kappa shape index (κ3) is 1.39. The van der Waals surface area contributed by atoms with Crippen LogP contribution in [0.1, 0.15) is 36.1 Å². The highest BCUT2D eigenvalue weighted by molar-refractivity contribution is 5.60. The van der Waals surface area contributed by atoms with Gasteiger partial charge in [-0.1, -0.05) is 0 Å². The van der Waals surface area contributed by atoms with Crippen LogP contribution in [0.5, 0.6) is 23.5 Å². The van der Waals surface area contributed by atoms with Crippen LogP contribution in [-0.4, -0.2) is 29.6 Å². The molecule has 0 saturated carbocycles. The van der Waals surface area contributed by atoms with Crippen molar-refractivity contribution in [3.05, 3.63) is 22.3 Å². The van der Waals surface area contributed by atoms with Crippen molar-refractivity contribution in [2.24, 2.45) is 0 Å². The van der Waals surface area contributed by atoms with Gasteiger partial charge in [-0.3, -0.25) is 9.13 Å². The maximum absolute atomic E-state index is 10.2. The Morgan fingerprint density at radius 3 is 1.10 bits per heavy atom. The fraction of sp³-hybridized carbons (Fsp3) is 0.429. The zero-order chi connectivity index (χ0) is 14.6. The van der Waals surface area contributed by atoms with E-state index < -0.39 is 0 Å². The van der Waals surface area contributed by atoms with E-state index in [1.54, 1.807) is 0 Å². The minimum Gasteiger partial charge on any atom is -0.494 e. The average Bonchev–Trinajstić information content (AvgIpc) is 2.82. The maximum atomic E-state index is 10.2. The molecule has 0 aliphatic heterocycles. The first kappa shape index (κ1) is 12.8. The molecule has 3 rings (SSSR count). The summed E-state index contributed by atoms with van der Waals surface area (Å²) in [5.41, 5.74) is 2.50. The van der Waals surface area contributed by atoms with Crippen LogP contribution in [0.3, 0.4) is 0 Å². The molecule has 0 fully saturated rings. The number of rotatable bonds is 2. The Morgan fingerprint density at radius 2 is 0.900 bits per heavy atom. The molecule has 6 nitrogen and oxygen atoms in total. The molecule has 1 aliphatic carbocycles. The average molecular weight is 278 g/mol. The molecule has 0 unspecified atom stereocenters. The molecule has 0 aromatic carbocycles. The molecule has 4 N–H and O–H groups in total. The smallest absolute Gasteiger partial charge is 0.197 e. The van der Waals surface area contributed by atoms with E-state index in [4.69, 9.17) is 0 Å². The first-order valence-corrected chi connectivity index (χ1v) is 6.75. The SMILES string of the molecule is CCn1c(O)c2c(c1O)Cc1c(c(O)n(CC)c1O)C2. The summed E-state index contributed by atoms with van der Waals surface area (Å²) in [6.07, 6.45) is 0.618. The second-order valence-electron chi connectivity index (χ2n) is 5.05. The summed E-state index contributed by atoms with van der Waals surface area (Å²) >= 11 is 0. The van der Waals surface area contributed by atoms with Crippen molar-refractivity contribution < 1.29 is 20.4 Å². The van der Waals surface area contributed by atoms with Gasteiger partial charge in [-0.15, -0.1) is 0 Å². The summed E-state index contributed by atoms with van der Waals surface area (Å²) in [5, 5.41) is 40.6. The lowest BCUT2D eigenvalue weighted by Crippen LogP contribution is -2.03. The lowest BCUT2D eigenvalue weighted by Gasteiger charge is -2.12. The van der Waals surface area contributed by atoms with Gasteiger partial charge in [0.1, 0.15) is 0 Å². The van der Waals surface area contributed by atoms with Gasteiger partial charge in [0.25, 0.3) is 0 Å². The van der Waals surface area contributed by atoms with Gasteiger partial charge in [0.2, 0.25) is 0 Å². The summed E-state index contributed by atoms with van der Waals surface area (Å²) in [4.78, 5) is 0. The molecule has 0 atom stereocenters. The van der Waals surface area contributed by atoms with Crippen LogP contribution in [-0.2, 0) is 25.9 Å². The predicted molar refractivity (Wildman–Crippen MR) is 72.5 cm³/mol. The van der Waals surface area contributed by atoms with Crippen LogP contribution >= 0.6 is 0 Å². The number of hydrogen-bond acceptors (Lipinski definition) is 4. The normalized spacial score (nSPS) is 13.3. The number of nitrogens with zero attached hydrogens (tertiary/aromatic N) is 2. The number of aromatic hydroxyl groups is 4. The Hall–Kier alpha value is -2.24. The fourth-order valence-electron chi connectivity index (χ4n) is 3.09. The van der Waals surface area contributed by atoms with Crippen molar-refractivity contribution in [1.29, 1.82) is 0 Å². The van der Waals surface area contributed by atoms with Crippen molar-refractivity contribution in [3.8, 4) is 23.5 Å².